The van der Waals surface area contributed by atoms with Crippen LogP contribution in [0.2, 0.25) is 0 Å². The van der Waals surface area contributed by atoms with Gasteiger partial charge in [0.25, 0.3) is 5.91 Å². The summed E-state index contributed by atoms with van der Waals surface area (Å²) in [7, 11) is 0. The minimum Gasteiger partial charge on any atom is -0.386 e. The van der Waals surface area contributed by atoms with E-state index in [0.717, 1.165) is 38.3 Å². The largest absolute Gasteiger partial charge is 0.386 e. The Hall–Kier alpha value is -2.66. The number of nitrogens with zero attached hydrogens (tertiary/aromatic N) is 3. The molecule has 1 aliphatic heterocycles. The fraction of sp³-hybridized carbons (Fsp3) is 0.417. The number of amides is 1. The lowest BCUT2D eigenvalue weighted by molar-refractivity contribution is -0.137. The van der Waals surface area contributed by atoms with Crippen molar-refractivity contribution >= 4 is 12.1 Å². The molecule has 0 N–H and O–H groups in total. The maximum Gasteiger partial charge on any atom is 0.263 e. The zero-order valence-electron chi connectivity index (χ0n) is 17.7. The highest BCUT2D eigenvalue weighted by Crippen LogP contribution is 2.21. The van der Waals surface area contributed by atoms with Crippen molar-refractivity contribution in [1.82, 2.24) is 9.80 Å². The molecule has 5 nitrogen and oxygen atoms in total. The van der Waals surface area contributed by atoms with E-state index in [1.165, 1.54) is 11.1 Å². The fourth-order valence-corrected chi connectivity index (χ4v) is 3.35. The van der Waals surface area contributed by atoms with Crippen molar-refractivity contribution in [3.8, 4) is 0 Å². The van der Waals surface area contributed by atoms with Crippen LogP contribution in [0.15, 0.2) is 59.8 Å². The lowest BCUT2D eigenvalue weighted by Crippen LogP contribution is -2.49. The van der Waals surface area contributed by atoms with Crippen molar-refractivity contribution in [2.45, 2.75) is 32.7 Å². The molecule has 1 heterocycles. The molecular weight excluding hydrogens is 362 g/mol. The van der Waals surface area contributed by atoms with E-state index in [-0.39, 0.29) is 17.9 Å². The maximum absolute atomic E-state index is 12.3. The van der Waals surface area contributed by atoms with E-state index in [4.69, 9.17) is 4.84 Å². The molecule has 154 valence electrons. The van der Waals surface area contributed by atoms with E-state index in [2.05, 4.69) is 67.2 Å². The van der Waals surface area contributed by atoms with Crippen LogP contribution < -0.4 is 0 Å². The number of piperazine rings is 1. The Kier molecular flexibility index (Phi) is 7.04. The number of rotatable bonds is 6. The standard InChI is InChI=1S/C24H31N3O2/c1-24(2,3)22-11-9-20(10-12-22)17-25-29-19-23(28)27-15-13-26(14-16-27)18-21-7-5-4-6-8-21/h4-12,17H,13-16,18-19H2,1-3H3. The topological polar surface area (TPSA) is 45.1 Å². The van der Waals surface area contributed by atoms with Crippen molar-refractivity contribution in [2.75, 3.05) is 32.8 Å². The zero-order chi connectivity index (χ0) is 20.7. The molecule has 0 aliphatic carbocycles. The van der Waals surface area contributed by atoms with Gasteiger partial charge in [-0.05, 0) is 22.1 Å². The van der Waals surface area contributed by atoms with E-state index in [0.29, 0.717) is 0 Å². The summed E-state index contributed by atoms with van der Waals surface area (Å²) in [4.78, 5) is 21.8. The zero-order valence-corrected chi connectivity index (χ0v) is 17.7. The summed E-state index contributed by atoms with van der Waals surface area (Å²) in [5, 5.41) is 3.96. The summed E-state index contributed by atoms with van der Waals surface area (Å²) in [5.74, 6) is -0.00964. The van der Waals surface area contributed by atoms with E-state index in [9.17, 15) is 4.79 Å². The second-order valence-electron chi connectivity index (χ2n) is 8.52. The summed E-state index contributed by atoms with van der Waals surface area (Å²) in [6, 6.07) is 18.7. The highest BCUT2D eigenvalue weighted by atomic mass is 16.6. The van der Waals surface area contributed by atoms with Crippen LogP contribution in [0.4, 0.5) is 0 Å². The smallest absolute Gasteiger partial charge is 0.263 e. The summed E-state index contributed by atoms with van der Waals surface area (Å²) in [6.07, 6.45) is 1.65. The monoisotopic (exact) mass is 393 g/mol. The maximum atomic E-state index is 12.3. The van der Waals surface area contributed by atoms with Crippen LogP contribution in [0.5, 0.6) is 0 Å². The Morgan fingerprint density at radius 3 is 2.28 bits per heavy atom. The number of carbonyl (C=O) groups excluding carboxylic acids is 1. The number of benzene rings is 2. The minimum absolute atomic E-state index is 0.00964. The molecule has 3 rings (SSSR count). The molecule has 29 heavy (non-hydrogen) atoms. The summed E-state index contributed by atoms with van der Waals surface area (Å²) >= 11 is 0. The Labute approximate surface area is 174 Å². The highest BCUT2D eigenvalue weighted by Gasteiger charge is 2.21. The van der Waals surface area contributed by atoms with Gasteiger partial charge in [0.2, 0.25) is 0 Å². The van der Waals surface area contributed by atoms with E-state index >= 15 is 0 Å². The molecule has 5 heteroatoms. The lowest BCUT2D eigenvalue weighted by atomic mass is 9.87. The first-order valence-corrected chi connectivity index (χ1v) is 10.2. The molecule has 0 aromatic heterocycles. The van der Waals surface area contributed by atoms with Gasteiger partial charge in [-0.25, -0.2) is 0 Å². The molecule has 1 aliphatic rings. The predicted octanol–water partition coefficient (Wildman–Crippen LogP) is 3.68. The first-order valence-electron chi connectivity index (χ1n) is 10.2. The Balaban J connectivity index is 1.38. The molecule has 2 aromatic carbocycles. The van der Waals surface area contributed by atoms with Gasteiger partial charge in [-0.15, -0.1) is 0 Å². The molecule has 0 unspecified atom stereocenters. The van der Waals surface area contributed by atoms with Crippen molar-refractivity contribution in [3.63, 3.8) is 0 Å². The van der Waals surface area contributed by atoms with Crippen LogP contribution in [0.3, 0.4) is 0 Å². The van der Waals surface area contributed by atoms with Gasteiger partial charge in [-0.2, -0.15) is 0 Å². The lowest BCUT2D eigenvalue weighted by Gasteiger charge is -2.34. The average molecular weight is 394 g/mol. The van der Waals surface area contributed by atoms with Gasteiger partial charge in [-0.1, -0.05) is 80.5 Å². The average Bonchev–Trinajstić information content (AvgIpc) is 2.72. The van der Waals surface area contributed by atoms with Gasteiger partial charge in [0.15, 0.2) is 6.61 Å². The van der Waals surface area contributed by atoms with E-state index in [1.807, 2.05) is 23.1 Å². The first-order chi connectivity index (χ1) is 13.9. The van der Waals surface area contributed by atoms with Crippen LogP contribution >= 0.6 is 0 Å². The third-order valence-electron chi connectivity index (χ3n) is 5.22. The van der Waals surface area contributed by atoms with Crippen LogP contribution in [0, 0.1) is 0 Å². The molecule has 0 spiro atoms. The van der Waals surface area contributed by atoms with Crippen LogP contribution in [0.25, 0.3) is 0 Å². The molecule has 0 bridgehead atoms. The molecule has 1 saturated heterocycles. The Morgan fingerprint density at radius 1 is 1.00 bits per heavy atom. The summed E-state index contributed by atoms with van der Waals surface area (Å²) < 4.78 is 0. The molecule has 1 amide bonds. The van der Waals surface area contributed by atoms with Gasteiger partial charge < -0.3 is 9.74 Å². The quantitative estimate of drug-likeness (QED) is 0.556. The Bertz CT molecular complexity index is 802. The fourth-order valence-electron chi connectivity index (χ4n) is 3.35. The third-order valence-corrected chi connectivity index (χ3v) is 5.22. The normalized spacial score (nSPS) is 15.6. The van der Waals surface area contributed by atoms with Crippen molar-refractivity contribution in [2.24, 2.45) is 5.16 Å². The van der Waals surface area contributed by atoms with Gasteiger partial charge in [-0.3, -0.25) is 9.69 Å². The second kappa shape index (κ2) is 9.70. The number of hydrogen-bond acceptors (Lipinski definition) is 4. The number of oxime groups is 1. The molecule has 0 atom stereocenters. The number of hydrogen-bond donors (Lipinski definition) is 0. The molecule has 0 radical (unpaired) electrons. The summed E-state index contributed by atoms with van der Waals surface area (Å²) in [5.41, 5.74) is 3.67. The minimum atomic E-state index is -0.0186. The summed E-state index contributed by atoms with van der Waals surface area (Å²) in [6.45, 7) is 10.7. The van der Waals surface area contributed by atoms with Gasteiger partial charge in [0, 0.05) is 32.7 Å². The van der Waals surface area contributed by atoms with Crippen LogP contribution in [-0.4, -0.2) is 54.7 Å². The van der Waals surface area contributed by atoms with Crippen molar-refractivity contribution < 1.29 is 9.63 Å². The predicted molar refractivity (Wildman–Crippen MR) is 117 cm³/mol. The third kappa shape index (κ3) is 6.43. The molecule has 0 saturated carbocycles. The van der Waals surface area contributed by atoms with E-state index < -0.39 is 0 Å². The SMILES string of the molecule is CC(C)(C)c1ccc(C=NOCC(=O)N2CCN(Cc3ccccc3)CC2)cc1. The highest BCUT2D eigenvalue weighted by molar-refractivity contribution is 5.80. The van der Waals surface area contributed by atoms with Gasteiger partial charge in [0.1, 0.15) is 0 Å². The second-order valence-corrected chi connectivity index (χ2v) is 8.52. The van der Waals surface area contributed by atoms with E-state index in [1.54, 1.807) is 6.21 Å². The van der Waals surface area contributed by atoms with Crippen LogP contribution in [-0.2, 0) is 21.6 Å². The van der Waals surface area contributed by atoms with Crippen molar-refractivity contribution in [1.29, 1.82) is 0 Å². The van der Waals surface area contributed by atoms with Gasteiger partial charge >= 0.3 is 0 Å². The molecular formula is C24H31N3O2. The van der Waals surface area contributed by atoms with Gasteiger partial charge in [0.05, 0.1) is 6.21 Å². The molecule has 1 fully saturated rings. The Morgan fingerprint density at radius 2 is 1.66 bits per heavy atom. The van der Waals surface area contributed by atoms with Crippen molar-refractivity contribution in [3.05, 3.63) is 71.3 Å². The molecule has 2 aromatic rings. The van der Waals surface area contributed by atoms with Crippen LogP contribution in [0.1, 0.15) is 37.5 Å². The first kappa shape index (κ1) is 21.1. The number of carbonyl (C=O) groups is 1.